The highest BCUT2D eigenvalue weighted by molar-refractivity contribution is 5.06. The van der Waals surface area contributed by atoms with Gasteiger partial charge in [0.05, 0.1) is 0 Å². The second-order valence-corrected chi connectivity index (χ2v) is 14.6. The lowest BCUT2D eigenvalue weighted by Crippen LogP contribution is -2.08. The van der Waals surface area contributed by atoms with Crippen LogP contribution in [0.1, 0.15) is 143 Å². The number of hydrogen-bond acceptors (Lipinski definition) is 16. The molecule has 9 rings (SSSR count). The molecular formula is C34H54N12O4. The number of nitrogens with one attached hydrogen (secondary N) is 4. The fourth-order valence-electron chi connectivity index (χ4n) is 6.28. The molecule has 274 valence electrons. The normalized spacial score (nSPS) is 24.5. The molecule has 16 heteroatoms. The Bertz CT molecular complexity index is 1460. The SMILES string of the molecule is C1CC(c2noc(C3CC3)n2)CN1.CC(C)Cc1nc(C2CCNC2)no1.CC(C)c1nc(C2CCNC2)no1.c1nc(C2CCNC2)no1. The lowest BCUT2D eigenvalue weighted by atomic mass is 10.1. The number of aromatic nitrogens is 8. The van der Waals surface area contributed by atoms with Crippen molar-refractivity contribution < 1.29 is 18.1 Å². The van der Waals surface area contributed by atoms with Gasteiger partial charge in [0.15, 0.2) is 23.3 Å². The standard InChI is InChI=1S/C10H17N3O.C9H13N3O.C9H15N3O.C6H9N3O/c1-7(2)5-9-12-10(13-14-9)8-3-4-11-6-8;1-2-6(1)9-11-8(12-13-9)7-3-4-10-5-7;1-6(2)9-11-8(12-13-9)7-3-4-10-5-7;1-2-7-3-5(1)6-8-4-10-9-6/h7-8,11H,3-6H2,1-2H3;6-7,10H,1-5H2;6-7,10H,3-5H2,1-2H3;4-5,7H,1-3H2. The van der Waals surface area contributed by atoms with Crippen LogP contribution in [0.25, 0.3) is 0 Å². The van der Waals surface area contributed by atoms with Crippen molar-refractivity contribution in [1.29, 1.82) is 0 Å². The summed E-state index contributed by atoms with van der Waals surface area (Å²) in [7, 11) is 0. The second kappa shape index (κ2) is 18.1. The van der Waals surface area contributed by atoms with Crippen LogP contribution in [0.5, 0.6) is 0 Å². The minimum atomic E-state index is 0.329. The van der Waals surface area contributed by atoms with Crippen molar-refractivity contribution in [1.82, 2.24) is 61.8 Å². The summed E-state index contributed by atoms with van der Waals surface area (Å²) in [6.45, 7) is 16.7. The molecule has 0 radical (unpaired) electrons. The molecule has 0 amide bonds. The van der Waals surface area contributed by atoms with Crippen LogP contribution >= 0.6 is 0 Å². The van der Waals surface area contributed by atoms with Crippen LogP contribution in [0.3, 0.4) is 0 Å². The first-order valence-electron chi connectivity index (χ1n) is 18.5. The summed E-state index contributed by atoms with van der Waals surface area (Å²) < 4.78 is 20.2. The number of rotatable bonds is 8. The van der Waals surface area contributed by atoms with Crippen LogP contribution in [-0.2, 0) is 6.42 Å². The predicted molar refractivity (Wildman–Crippen MR) is 183 cm³/mol. The van der Waals surface area contributed by atoms with Gasteiger partial charge in [-0.05, 0) is 70.6 Å². The molecule has 16 nitrogen and oxygen atoms in total. The molecule has 4 N–H and O–H groups in total. The van der Waals surface area contributed by atoms with E-state index < -0.39 is 0 Å². The molecule has 1 saturated carbocycles. The molecule has 4 aromatic rings. The molecule has 4 aromatic heterocycles. The van der Waals surface area contributed by atoms with E-state index in [2.05, 4.69) is 94.0 Å². The predicted octanol–water partition coefficient (Wildman–Crippen LogP) is 3.79. The molecule has 4 unspecified atom stereocenters. The smallest absolute Gasteiger partial charge is 0.229 e. The average Bonchev–Trinajstić information content (AvgIpc) is 3.92. The minimum absolute atomic E-state index is 0.329. The molecule has 4 saturated heterocycles. The summed E-state index contributed by atoms with van der Waals surface area (Å²) in [5.74, 6) is 9.24. The first-order chi connectivity index (χ1) is 24.4. The molecule has 5 aliphatic rings. The van der Waals surface area contributed by atoms with Crippen molar-refractivity contribution in [3.05, 3.63) is 47.4 Å². The van der Waals surface area contributed by atoms with Gasteiger partial charge in [-0.25, -0.2) is 0 Å². The van der Waals surface area contributed by atoms with Gasteiger partial charge in [0, 0.05) is 68.1 Å². The van der Waals surface area contributed by atoms with Gasteiger partial charge >= 0.3 is 0 Å². The minimum Gasteiger partial charge on any atom is -0.343 e. The van der Waals surface area contributed by atoms with Gasteiger partial charge in [0.25, 0.3) is 0 Å². The van der Waals surface area contributed by atoms with Crippen molar-refractivity contribution in [2.24, 2.45) is 5.92 Å². The Kier molecular flexibility index (Phi) is 13.1. The van der Waals surface area contributed by atoms with Gasteiger partial charge in [-0.3, -0.25) is 0 Å². The highest BCUT2D eigenvalue weighted by Crippen LogP contribution is 2.39. The van der Waals surface area contributed by atoms with Crippen molar-refractivity contribution in [2.45, 2.75) is 108 Å². The van der Waals surface area contributed by atoms with Crippen LogP contribution < -0.4 is 21.3 Å². The third-order valence-corrected chi connectivity index (χ3v) is 9.48. The van der Waals surface area contributed by atoms with E-state index in [9.17, 15) is 0 Å². The molecule has 5 fully saturated rings. The van der Waals surface area contributed by atoms with Crippen LogP contribution in [0, 0.1) is 5.92 Å². The zero-order chi connectivity index (χ0) is 34.7. The number of hydrogen-bond donors (Lipinski definition) is 4. The van der Waals surface area contributed by atoms with E-state index in [1.165, 1.54) is 19.2 Å². The van der Waals surface area contributed by atoms with Crippen LogP contribution in [0.15, 0.2) is 24.5 Å². The maximum Gasteiger partial charge on any atom is 0.229 e. The van der Waals surface area contributed by atoms with Gasteiger partial charge < -0.3 is 39.4 Å². The Morgan fingerprint density at radius 3 is 1.56 bits per heavy atom. The van der Waals surface area contributed by atoms with E-state index in [4.69, 9.17) is 13.6 Å². The first-order valence-corrected chi connectivity index (χ1v) is 18.5. The van der Waals surface area contributed by atoms with E-state index in [1.54, 1.807) is 0 Å². The third kappa shape index (κ3) is 10.5. The maximum atomic E-state index is 5.21. The van der Waals surface area contributed by atoms with Crippen LogP contribution in [-0.4, -0.2) is 92.9 Å². The van der Waals surface area contributed by atoms with E-state index in [1.807, 2.05) is 0 Å². The third-order valence-electron chi connectivity index (χ3n) is 9.48. The zero-order valence-electron chi connectivity index (χ0n) is 29.9. The summed E-state index contributed by atoms with van der Waals surface area (Å²) in [6.07, 6.45) is 9.23. The van der Waals surface area contributed by atoms with Gasteiger partial charge in [-0.15, -0.1) is 0 Å². The zero-order valence-corrected chi connectivity index (χ0v) is 29.9. The second-order valence-electron chi connectivity index (χ2n) is 14.6. The highest BCUT2D eigenvalue weighted by Gasteiger charge is 2.31. The first kappa shape index (κ1) is 36.2. The van der Waals surface area contributed by atoms with E-state index in [0.717, 1.165) is 125 Å². The lowest BCUT2D eigenvalue weighted by Gasteiger charge is -1.99. The molecule has 8 heterocycles. The van der Waals surface area contributed by atoms with Crippen molar-refractivity contribution in [3.63, 3.8) is 0 Å². The summed E-state index contributed by atoms with van der Waals surface area (Å²) in [5, 5.41) is 29.0. The summed E-state index contributed by atoms with van der Waals surface area (Å²) in [5.41, 5.74) is 0. The fourth-order valence-corrected chi connectivity index (χ4v) is 6.28. The van der Waals surface area contributed by atoms with Gasteiger partial charge in [0.2, 0.25) is 24.1 Å². The van der Waals surface area contributed by atoms with Gasteiger partial charge in [-0.1, -0.05) is 48.3 Å². The topological polar surface area (TPSA) is 204 Å². The van der Waals surface area contributed by atoms with Crippen molar-refractivity contribution in [2.75, 3.05) is 52.4 Å². The van der Waals surface area contributed by atoms with Crippen molar-refractivity contribution >= 4 is 0 Å². The Morgan fingerprint density at radius 2 is 1.10 bits per heavy atom. The molecule has 1 aliphatic carbocycles. The highest BCUT2D eigenvalue weighted by atomic mass is 16.5. The van der Waals surface area contributed by atoms with Crippen molar-refractivity contribution in [3.8, 4) is 0 Å². The van der Waals surface area contributed by atoms with E-state index >= 15 is 0 Å². The quantitative estimate of drug-likeness (QED) is 0.207. The van der Waals surface area contributed by atoms with Crippen LogP contribution in [0.4, 0.5) is 0 Å². The average molecular weight is 695 g/mol. The molecule has 0 bridgehead atoms. The monoisotopic (exact) mass is 694 g/mol. The largest absolute Gasteiger partial charge is 0.343 e. The molecule has 4 atom stereocenters. The molecular weight excluding hydrogens is 640 g/mol. The summed E-state index contributed by atoms with van der Waals surface area (Å²) in [6, 6.07) is 0. The Morgan fingerprint density at radius 1 is 0.580 bits per heavy atom. The lowest BCUT2D eigenvalue weighted by molar-refractivity contribution is 0.356. The molecule has 0 aromatic carbocycles. The van der Waals surface area contributed by atoms with Gasteiger partial charge in [0.1, 0.15) is 0 Å². The maximum absolute atomic E-state index is 5.21. The van der Waals surface area contributed by atoms with E-state index in [0.29, 0.717) is 41.4 Å². The molecule has 0 spiro atoms. The van der Waals surface area contributed by atoms with Crippen LogP contribution in [0.2, 0.25) is 0 Å². The molecule has 50 heavy (non-hydrogen) atoms. The Hall–Kier alpha value is -3.60. The Labute approximate surface area is 293 Å². The fraction of sp³-hybridized carbons (Fsp3) is 0.765. The summed E-state index contributed by atoms with van der Waals surface area (Å²) >= 11 is 0. The van der Waals surface area contributed by atoms with Gasteiger partial charge in [-0.2, -0.15) is 19.9 Å². The van der Waals surface area contributed by atoms with E-state index in [-0.39, 0.29) is 0 Å². The Balaban J connectivity index is 0.000000116. The molecule has 4 aliphatic heterocycles. The summed E-state index contributed by atoms with van der Waals surface area (Å²) in [4.78, 5) is 17.2. The number of nitrogens with zero attached hydrogens (tertiary/aromatic N) is 8.